The molecule has 1 aromatic carbocycles. The molecule has 0 unspecified atom stereocenters. The molecule has 2 aromatic heterocycles. The van der Waals surface area contributed by atoms with Crippen LogP contribution in [0.4, 0.5) is 0 Å². The van der Waals surface area contributed by atoms with E-state index < -0.39 is 10.0 Å². The SMILES string of the molecule is CN(CCNC(=O)c1ccc(-c2cnc3nncn3c2)cc1)S(C)(=O)=O. The number of hydrogen-bond acceptors (Lipinski definition) is 6. The summed E-state index contributed by atoms with van der Waals surface area (Å²) in [5, 5.41) is 10.3. The van der Waals surface area contributed by atoms with E-state index in [4.69, 9.17) is 0 Å². The van der Waals surface area contributed by atoms with Crippen molar-refractivity contribution in [2.24, 2.45) is 0 Å². The molecule has 1 N–H and O–H groups in total. The van der Waals surface area contributed by atoms with Crippen LogP contribution >= 0.6 is 0 Å². The van der Waals surface area contributed by atoms with Crippen molar-refractivity contribution in [1.29, 1.82) is 0 Å². The van der Waals surface area contributed by atoms with Crippen LogP contribution in [0.2, 0.25) is 0 Å². The Bertz CT molecular complexity index is 1030. The maximum absolute atomic E-state index is 12.2. The van der Waals surface area contributed by atoms with Crippen LogP contribution < -0.4 is 5.32 Å². The fourth-order valence-electron chi connectivity index (χ4n) is 2.29. The largest absolute Gasteiger partial charge is 0.351 e. The molecule has 0 radical (unpaired) electrons. The second-order valence-electron chi connectivity index (χ2n) is 5.80. The Hall–Kier alpha value is -2.85. The van der Waals surface area contributed by atoms with Gasteiger partial charge in [0.2, 0.25) is 10.0 Å². The van der Waals surface area contributed by atoms with Gasteiger partial charge in [0.15, 0.2) is 0 Å². The summed E-state index contributed by atoms with van der Waals surface area (Å²) in [6.45, 7) is 0.450. The maximum Gasteiger partial charge on any atom is 0.254 e. The molecule has 26 heavy (non-hydrogen) atoms. The molecule has 0 fully saturated rings. The summed E-state index contributed by atoms with van der Waals surface area (Å²) in [6.07, 6.45) is 6.25. The summed E-state index contributed by atoms with van der Waals surface area (Å²) < 4.78 is 25.5. The summed E-state index contributed by atoms with van der Waals surface area (Å²) in [4.78, 5) is 16.4. The van der Waals surface area contributed by atoms with Gasteiger partial charge in [-0.3, -0.25) is 9.20 Å². The van der Waals surface area contributed by atoms with Crippen LogP contribution in [0.15, 0.2) is 43.0 Å². The fraction of sp³-hybridized carbons (Fsp3) is 0.250. The van der Waals surface area contributed by atoms with Crippen molar-refractivity contribution in [3.05, 3.63) is 48.5 Å². The van der Waals surface area contributed by atoms with Gasteiger partial charge in [0.05, 0.1) is 6.26 Å². The molecule has 1 amide bonds. The Kier molecular flexibility index (Phi) is 4.96. The molecule has 0 saturated heterocycles. The number of aromatic nitrogens is 4. The monoisotopic (exact) mass is 374 g/mol. The molecule has 10 heteroatoms. The van der Waals surface area contributed by atoms with Crippen LogP contribution in [0.5, 0.6) is 0 Å². The lowest BCUT2D eigenvalue weighted by molar-refractivity contribution is 0.0952. The first-order valence-corrected chi connectivity index (χ1v) is 9.65. The van der Waals surface area contributed by atoms with E-state index in [0.717, 1.165) is 17.4 Å². The number of sulfonamides is 1. The highest BCUT2D eigenvalue weighted by Crippen LogP contribution is 2.19. The van der Waals surface area contributed by atoms with E-state index in [9.17, 15) is 13.2 Å². The number of nitrogens with zero attached hydrogens (tertiary/aromatic N) is 5. The normalized spacial score (nSPS) is 11.8. The third-order valence-electron chi connectivity index (χ3n) is 3.91. The molecule has 136 valence electrons. The second kappa shape index (κ2) is 7.18. The van der Waals surface area contributed by atoms with Gasteiger partial charge in [-0.05, 0) is 17.7 Å². The van der Waals surface area contributed by atoms with E-state index in [0.29, 0.717) is 11.3 Å². The summed E-state index contributed by atoms with van der Waals surface area (Å²) in [5.74, 6) is 0.259. The van der Waals surface area contributed by atoms with Crippen LogP contribution in [0, 0.1) is 0 Å². The van der Waals surface area contributed by atoms with Gasteiger partial charge in [0, 0.05) is 43.7 Å². The van der Waals surface area contributed by atoms with Gasteiger partial charge >= 0.3 is 0 Å². The third-order valence-corrected chi connectivity index (χ3v) is 5.23. The average molecular weight is 374 g/mol. The van der Waals surface area contributed by atoms with Crippen molar-refractivity contribution in [3.8, 4) is 11.1 Å². The molecule has 3 aromatic rings. The first-order valence-electron chi connectivity index (χ1n) is 7.80. The molecule has 0 aliphatic heterocycles. The zero-order valence-corrected chi connectivity index (χ0v) is 15.1. The number of rotatable bonds is 6. The second-order valence-corrected chi connectivity index (χ2v) is 7.89. The number of hydrogen-bond donors (Lipinski definition) is 1. The van der Waals surface area contributed by atoms with Gasteiger partial charge in [-0.2, -0.15) is 0 Å². The van der Waals surface area contributed by atoms with Gasteiger partial charge in [0.25, 0.3) is 11.7 Å². The Morgan fingerprint density at radius 1 is 1.23 bits per heavy atom. The van der Waals surface area contributed by atoms with Crippen LogP contribution in [-0.2, 0) is 10.0 Å². The molecular weight excluding hydrogens is 356 g/mol. The quantitative estimate of drug-likeness (QED) is 0.669. The van der Waals surface area contributed by atoms with Gasteiger partial charge in [0.1, 0.15) is 6.33 Å². The molecule has 0 aliphatic carbocycles. The highest BCUT2D eigenvalue weighted by Gasteiger charge is 2.11. The highest BCUT2D eigenvalue weighted by molar-refractivity contribution is 7.88. The van der Waals surface area contributed by atoms with Gasteiger partial charge in [-0.1, -0.05) is 12.1 Å². The van der Waals surface area contributed by atoms with E-state index >= 15 is 0 Å². The molecule has 0 aliphatic rings. The minimum atomic E-state index is -3.25. The number of likely N-dealkylation sites (N-methyl/N-ethyl adjacent to an activating group) is 1. The highest BCUT2D eigenvalue weighted by atomic mass is 32.2. The molecule has 0 atom stereocenters. The van der Waals surface area contributed by atoms with Crippen LogP contribution in [0.3, 0.4) is 0 Å². The van der Waals surface area contributed by atoms with Gasteiger partial charge in [-0.15, -0.1) is 10.2 Å². The summed E-state index contributed by atoms with van der Waals surface area (Å²) in [7, 11) is -1.78. The molecule has 2 heterocycles. The number of carbonyl (C=O) groups is 1. The molecule has 3 rings (SSSR count). The van der Waals surface area contributed by atoms with E-state index in [1.165, 1.54) is 11.4 Å². The number of amides is 1. The predicted molar refractivity (Wildman–Crippen MR) is 96.0 cm³/mol. The standard InChI is InChI=1S/C16H18N6O3S/c1-21(26(2,24)25)8-7-17-15(23)13-5-3-12(4-6-13)14-9-18-16-20-19-11-22(16)10-14/h3-6,9-11H,7-8H2,1-2H3,(H,17,23). The van der Waals surface area contributed by atoms with E-state index in [1.807, 2.05) is 18.3 Å². The van der Waals surface area contributed by atoms with Crippen molar-refractivity contribution >= 4 is 21.7 Å². The van der Waals surface area contributed by atoms with Crippen molar-refractivity contribution in [1.82, 2.24) is 29.2 Å². The summed E-state index contributed by atoms with van der Waals surface area (Å²) in [5.41, 5.74) is 2.27. The molecule has 0 spiro atoms. The zero-order valence-electron chi connectivity index (χ0n) is 14.3. The summed E-state index contributed by atoms with van der Waals surface area (Å²) >= 11 is 0. The number of nitrogens with one attached hydrogen (secondary N) is 1. The number of carbonyl (C=O) groups excluding carboxylic acids is 1. The lowest BCUT2D eigenvalue weighted by Crippen LogP contribution is -2.35. The number of fused-ring (bicyclic) bond motifs is 1. The zero-order chi connectivity index (χ0) is 18.7. The molecule has 9 nitrogen and oxygen atoms in total. The van der Waals surface area contributed by atoms with Crippen molar-refractivity contribution in [2.45, 2.75) is 0 Å². The van der Waals surface area contributed by atoms with Gasteiger partial charge < -0.3 is 5.32 Å². The minimum Gasteiger partial charge on any atom is -0.351 e. The van der Waals surface area contributed by atoms with E-state index in [1.54, 1.807) is 29.1 Å². The van der Waals surface area contributed by atoms with Crippen LogP contribution in [0.25, 0.3) is 16.9 Å². The topological polar surface area (TPSA) is 110 Å². The van der Waals surface area contributed by atoms with Gasteiger partial charge in [-0.25, -0.2) is 17.7 Å². The Morgan fingerprint density at radius 3 is 2.65 bits per heavy atom. The first-order chi connectivity index (χ1) is 12.3. The van der Waals surface area contributed by atoms with Crippen molar-refractivity contribution < 1.29 is 13.2 Å². The van der Waals surface area contributed by atoms with Crippen LogP contribution in [-0.4, -0.2) is 64.6 Å². The lowest BCUT2D eigenvalue weighted by atomic mass is 10.1. The smallest absolute Gasteiger partial charge is 0.254 e. The fourth-order valence-corrected chi connectivity index (χ4v) is 2.71. The maximum atomic E-state index is 12.2. The Labute approximate surface area is 150 Å². The molecular formula is C16H18N6O3S. The summed E-state index contributed by atoms with van der Waals surface area (Å²) in [6, 6.07) is 7.07. The van der Waals surface area contributed by atoms with Crippen molar-refractivity contribution in [3.63, 3.8) is 0 Å². The molecule has 0 saturated carbocycles. The number of benzene rings is 1. The minimum absolute atomic E-state index is 0.216. The van der Waals surface area contributed by atoms with Crippen LogP contribution in [0.1, 0.15) is 10.4 Å². The average Bonchev–Trinajstić information content (AvgIpc) is 3.08. The van der Waals surface area contributed by atoms with E-state index in [-0.39, 0.29) is 19.0 Å². The Balaban J connectivity index is 1.64. The van der Waals surface area contributed by atoms with Crippen molar-refractivity contribution in [2.75, 3.05) is 26.4 Å². The lowest BCUT2D eigenvalue weighted by Gasteiger charge is -2.14. The molecule has 0 bridgehead atoms. The third kappa shape index (κ3) is 4.03. The Morgan fingerprint density at radius 2 is 1.96 bits per heavy atom. The van der Waals surface area contributed by atoms with E-state index in [2.05, 4.69) is 20.5 Å². The predicted octanol–water partition coefficient (Wildman–Crippen LogP) is 0.412. The first kappa shape index (κ1) is 18.0.